The first-order chi connectivity index (χ1) is 7.74. The molecule has 2 aromatic rings. The number of hydrogen-bond acceptors (Lipinski definition) is 4. The number of aryl methyl sites for hydroxylation is 2. The van der Waals surface area contributed by atoms with Gasteiger partial charge in [0.25, 0.3) is 0 Å². The molecule has 0 saturated heterocycles. The van der Waals surface area contributed by atoms with Gasteiger partial charge in [0, 0.05) is 6.54 Å². The van der Waals surface area contributed by atoms with Crippen LogP contribution in [0.25, 0.3) is 0 Å². The summed E-state index contributed by atoms with van der Waals surface area (Å²) in [5.74, 6) is 1.30. The molecule has 2 rings (SSSR count). The summed E-state index contributed by atoms with van der Waals surface area (Å²) in [6, 6.07) is 8.44. The van der Waals surface area contributed by atoms with Crippen LogP contribution in [-0.4, -0.2) is 10.1 Å². The van der Waals surface area contributed by atoms with Crippen LogP contribution in [0.4, 0.5) is 0 Å². The molecule has 0 radical (unpaired) electrons. The molecule has 4 heteroatoms. The first-order valence-electron chi connectivity index (χ1n) is 5.29. The minimum atomic E-state index is 0.606. The van der Waals surface area contributed by atoms with Gasteiger partial charge in [0.15, 0.2) is 5.82 Å². The fraction of sp³-hybridized carbons (Fsp3) is 0.333. The van der Waals surface area contributed by atoms with Crippen LogP contribution in [0.1, 0.15) is 22.8 Å². The molecule has 1 aromatic carbocycles. The lowest BCUT2D eigenvalue weighted by atomic mass is 10.1. The summed E-state index contributed by atoms with van der Waals surface area (Å²) in [5, 5.41) is 6.98. The van der Waals surface area contributed by atoms with Crippen molar-refractivity contribution in [2.24, 2.45) is 0 Å². The predicted molar refractivity (Wildman–Crippen MR) is 60.8 cm³/mol. The fourth-order valence-corrected chi connectivity index (χ4v) is 1.43. The summed E-state index contributed by atoms with van der Waals surface area (Å²) < 4.78 is 5.00. The molecule has 0 fully saturated rings. The highest BCUT2D eigenvalue weighted by Gasteiger charge is 2.01. The molecule has 0 atom stereocenters. The van der Waals surface area contributed by atoms with Crippen molar-refractivity contribution in [2.45, 2.75) is 26.9 Å². The predicted octanol–water partition coefficient (Wildman–Crippen LogP) is 1.98. The van der Waals surface area contributed by atoms with Gasteiger partial charge >= 0.3 is 0 Å². The number of nitrogens with zero attached hydrogens (tertiary/aromatic N) is 2. The second-order valence-corrected chi connectivity index (χ2v) is 3.82. The summed E-state index contributed by atoms with van der Waals surface area (Å²) in [6.07, 6.45) is 0. The van der Waals surface area contributed by atoms with Crippen LogP contribution in [-0.2, 0) is 13.1 Å². The molecule has 0 unspecified atom stereocenters. The fourth-order valence-electron chi connectivity index (χ4n) is 1.43. The third kappa shape index (κ3) is 2.90. The van der Waals surface area contributed by atoms with Gasteiger partial charge in [-0.05, 0) is 19.4 Å². The van der Waals surface area contributed by atoms with Gasteiger partial charge in [-0.15, -0.1) is 0 Å². The molecular weight excluding hydrogens is 202 g/mol. The van der Waals surface area contributed by atoms with E-state index in [1.54, 1.807) is 0 Å². The van der Waals surface area contributed by atoms with E-state index in [9.17, 15) is 0 Å². The van der Waals surface area contributed by atoms with E-state index < -0.39 is 0 Å². The summed E-state index contributed by atoms with van der Waals surface area (Å²) in [5.41, 5.74) is 2.53. The van der Waals surface area contributed by atoms with Gasteiger partial charge < -0.3 is 9.84 Å². The standard InChI is InChI=1S/C12H15N3O/c1-9-3-5-11(6-4-9)7-13-8-12-14-10(2)15-16-12/h3-6,13H,7-8H2,1-2H3. The van der Waals surface area contributed by atoms with Crippen LogP contribution in [0.15, 0.2) is 28.8 Å². The SMILES string of the molecule is Cc1ccc(CNCc2nc(C)no2)cc1. The molecule has 0 spiro atoms. The van der Waals surface area contributed by atoms with Crippen molar-refractivity contribution in [3.63, 3.8) is 0 Å². The zero-order valence-electron chi connectivity index (χ0n) is 9.53. The molecule has 0 aliphatic carbocycles. The molecule has 1 heterocycles. The maximum absolute atomic E-state index is 5.00. The van der Waals surface area contributed by atoms with Crippen LogP contribution in [0, 0.1) is 13.8 Å². The Morgan fingerprint density at radius 1 is 1.12 bits per heavy atom. The van der Waals surface area contributed by atoms with Crippen molar-refractivity contribution in [1.82, 2.24) is 15.5 Å². The van der Waals surface area contributed by atoms with E-state index in [0.29, 0.717) is 18.3 Å². The molecule has 1 aromatic heterocycles. The second-order valence-electron chi connectivity index (χ2n) is 3.82. The van der Waals surface area contributed by atoms with Gasteiger partial charge in [0.1, 0.15) is 0 Å². The van der Waals surface area contributed by atoms with E-state index in [0.717, 1.165) is 6.54 Å². The maximum atomic E-state index is 5.00. The summed E-state index contributed by atoms with van der Waals surface area (Å²) in [7, 11) is 0. The molecule has 0 aliphatic heterocycles. The Labute approximate surface area is 94.7 Å². The van der Waals surface area contributed by atoms with E-state index in [1.165, 1.54) is 11.1 Å². The number of benzene rings is 1. The molecule has 0 amide bonds. The molecule has 4 nitrogen and oxygen atoms in total. The van der Waals surface area contributed by atoms with Gasteiger partial charge in [-0.25, -0.2) is 0 Å². The Morgan fingerprint density at radius 3 is 2.50 bits per heavy atom. The zero-order valence-corrected chi connectivity index (χ0v) is 9.53. The highest BCUT2D eigenvalue weighted by Crippen LogP contribution is 2.03. The van der Waals surface area contributed by atoms with Gasteiger partial charge in [-0.3, -0.25) is 0 Å². The van der Waals surface area contributed by atoms with Crippen molar-refractivity contribution in [2.75, 3.05) is 0 Å². The minimum Gasteiger partial charge on any atom is -0.338 e. The lowest BCUT2D eigenvalue weighted by Crippen LogP contribution is -2.12. The van der Waals surface area contributed by atoms with Crippen LogP contribution < -0.4 is 5.32 Å². The van der Waals surface area contributed by atoms with Gasteiger partial charge in [-0.1, -0.05) is 35.0 Å². The van der Waals surface area contributed by atoms with Crippen LogP contribution in [0.5, 0.6) is 0 Å². The smallest absolute Gasteiger partial charge is 0.240 e. The molecule has 1 N–H and O–H groups in total. The van der Waals surface area contributed by atoms with E-state index in [1.807, 2.05) is 6.92 Å². The Bertz CT molecular complexity index is 448. The average Bonchev–Trinajstić information content (AvgIpc) is 2.67. The van der Waals surface area contributed by atoms with E-state index in [4.69, 9.17) is 4.52 Å². The van der Waals surface area contributed by atoms with Gasteiger partial charge in [-0.2, -0.15) is 4.98 Å². The van der Waals surface area contributed by atoms with Gasteiger partial charge in [0.2, 0.25) is 5.89 Å². The monoisotopic (exact) mass is 217 g/mol. The molecule has 84 valence electrons. The quantitative estimate of drug-likeness (QED) is 0.850. The van der Waals surface area contributed by atoms with E-state index in [-0.39, 0.29) is 0 Å². The van der Waals surface area contributed by atoms with Gasteiger partial charge in [0.05, 0.1) is 6.54 Å². The molecule has 16 heavy (non-hydrogen) atoms. The summed E-state index contributed by atoms with van der Waals surface area (Å²) >= 11 is 0. The minimum absolute atomic E-state index is 0.606. The topological polar surface area (TPSA) is 51.0 Å². The van der Waals surface area contributed by atoms with Crippen molar-refractivity contribution in [3.8, 4) is 0 Å². The third-order valence-electron chi connectivity index (χ3n) is 2.30. The lowest BCUT2D eigenvalue weighted by molar-refractivity contribution is 0.364. The number of hydrogen-bond donors (Lipinski definition) is 1. The third-order valence-corrected chi connectivity index (χ3v) is 2.30. The highest BCUT2D eigenvalue weighted by molar-refractivity contribution is 5.21. The summed E-state index contributed by atoms with van der Waals surface area (Å²) in [4.78, 5) is 4.12. The van der Waals surface area contributed by atoms with Crippen LogP contribution in [0.3, 0.4) is 0 Å². The Kier molecular flexibility index (Phi) is 3.31. The highest BCUT2D eigenvalue weighted by atomic mass is 16.5. The van der Waals surface area contributed by atoms with Crippen molar-refractivity contribution < 1.29 is 4.52 Å². The molecule has 0 aliphatic rings. The number of nitrogens with one attached hydrogen (secondary N) is 1. The largest absolute Gasteiger partial charge is 0.338 e. The molecule has 0 saturated carbocycles. The molecule has 0 bridgehead atoms. The summed E-state index contributed by atoms with van der Waals surface area (Å²) in [6.45, 7) is 5.31. The maximum Gasteiger partial charge on any atom is 0.240 e. The average molecular weight is 217 g/mol. The Morgan fingerprint density at radius 2 is 1.88 bits per heavy atom. The van der Waals surface area contributed by atoms with E-state index in [2.05, 4.69) is 46.6 Å². The number of rotatable bonds is 4. The van der Waals surface area contributed by atoms with Crippen LogP contribution in [0.2, 0.25) is 0 Å². The molecular formula is C12H15N3O. The first-order valence-corrected chi connectivity index (χ1v) is 5.29. The normalized spacial score (nSPS) is 10.6. The Hall–Kier alpha value is -1.68. The zero-order chi connectivity index (χ0) is 11.4. The van der Waals surface area contributed by atoms with E-state index >= 15 is 0 Å². The first kappa shape index (κ1) is 10.8. The number of aromatic nitrogens is 2. The van der Waals surface area contributed by atoms with Crippen molar-refractivity contribution in [1.29, 1.82) is 0 Å². The van der Waals surface area contributed by atoms with Crippen molar-refractivity contribution in [3.05, 3.63) is 47.1 Å². The van der Waals surface area contributed by atoms with Crippen molar-refractivity contribution >= 4 is 0 Å². The second kappa shape index (κ2) is 4.90. The lowest BCUT2D eigenvalue weighted by Gasteiger charge is -2.02. The van der Waals surface area contributed by atoms with Crippen LogP contribution >= 0.6 is 0 Å². The Balaban J connectivity index is 1.82.